The number of ketones is 1. The molecule has 1 aromatic rings. The molecule has 0 atom stereocenters. The molecule has 0 fully saturated rings. The molecule has 0 unspecified atom stereocenters. The van der Waals surface area contributed by atoms with Gasteiger partial charge in [-0.05, 0) is 49.0 Å². The third kappa shape index (κ3) is 3.46. The van der Waals surface area contributed by atoms with Crippen LogP contribution in [0.25, 0.3) is 0 Å². The summed E-state index contributed by atoms with van der Waals surface area (Å²) in [4.78, 5) is 12.1. The van der Waals surface area contributed by atoms with E-state index in [0.29, 0.717) is 21.5 Å². The van der Waals surface area contributed by atoms with E-state index in [4.69, 9.17) is 9.47 Å². The van der Waals surface area contributed by atoms with E-state index < -0.39 is 0 Å². The fourth-order valence-electron chi connectivity index (χ4n) is 1.56. The van der Waals surface area contributed by atoms with Crippen molar-refractivity contribution < 1.29 is 14.3 Å². The first-order valence-electron chi connectivity index (χ1n) is 5.72. The summed E-state index contributed by atoms with van der Waals surface area (Å²) in [7, 11) is 3.29. The standard InChI is InChI=1S/C13H18BrNO3/c1-8(2)18-13-11(17-4)6-5-9(14)12(13)10(16)7-15-3/h5-6,8,15H,7H2,1-4H3. The summed E-state index contributed by atoms with van der Waals surface area (Å²) >= 11 is 3.39. The summed E-state index contributed by atoms with van der Waals surface area (Å²) in [6.45, 7) is 4.07. The maximum Gasteiger partial charge on any atom is 0.181 e. The van der Waals surface area contributed by atoms with Crippen LogP contribution in [0.15, 0.2) is 16.6 Å². The quantitative estimate of drug-likeness (QED) is 0.820. The molecule has 0 aliphatic rings. The van der Waals surface area contributed by atoms with Crippen LogP contribution in [0, 0.1) is 0 Å². The SMILES string of the molecule is CNCC(=O)c1c(Br)ccc(OC)c1OC(C)C. The van der Waals surface area contributed by atoms with Gasteiger partial charge < -0.3 is 14.8 Å². The number of carbonyl (C=O) groups excluding carboxylic acids is 1. The Balaban J connectivity index is 3.30. The summed E-state index contributed by atoms with van der Waals surface area (Å²) in [6, 6.07) is 3.56. The van der Waals surface area contributed by atoms with Crippen molar-refractivity contribution in [2.45, 2.75) is 20.0 Å². The van der Waals surface area contributed by atoms with Gasteiger partial charge in [-0.1, -0.05) is 0 Å². The predicted molar refractivity (Wildman–Crippen MR) is 74.7 cm³/mol. The molecule has 4 nitrogen and oxygen atoms in total. The molecule has 0 amide bonds. The number of likely N-dealkylation sites (N-methyl/N-ethyl adjacent to an activating group) is 1. The average Bonchev–Trinajstić information content (AvgIpc) is 2.29. The predicted octanol–water partition coefficient (Wildman–Crippen LogP) is 2.65. The summed E-state index contributed by atoms with van der Waals surface area (Å²) in [5.41, 5.74) is 0.511. The van der Waals surface area contributed by atoms with Crippen molar-refractivity contribution in [2.24, 2.45) is 0 Å². The van der Waals surface area contributed by atoms with Crippen molar-refractivity contribution in [3.8, 4) is 11.5 Å². The van der Waals surface area contributed by atoms with Gasteiger partial charge in [-0.25, -0.2) is 0 Å². The summed E-state index contributed by atoms with van der Waals surface area (Å²) < 4.78 is 11.7. The highest BCUT2D eigenvalue weighted by molar-refractivity contribution is 9.10. The Hall–Kier alpha value is -1.07. The fraction of sp³-hybridized carbons (Fsp3) is 0.462. The number of hydrogen-bond acceptors (Lipinski definition) is 4. The summed E-state index contributed by atoms with van der Waals surface area (Å²) in [6.07, 6.45) is -0.0330. The van der Waals surface area contributed by atoms with Crippen molar-refractivity contribution in [1.29, 1.82) is 0 Å². The van der Waals surface area contributed by atoms with Crippen LogP contribution in [0.4, 0.5) is 0 Å². The van der Waals surface area contributed by atoms with Gasteiger partial charge in [0.1, 0.15) is 0 Å². The van der Waals surface area contributed by atoms with Crippen LogP contribution in [0.1, 0.15) is 24.2 Å². The van der Waals surface area contributed by atoms with Gasteiger partial charge >= 0.3 is 0 Å². The second kappa shape index (κ2) is 6.75. The van der Waals surface area contributed by atoms with Gasteiger partial charge in [0, 0.05) is 4.47 Å². The van der Waals surface area contributed by atoms with Crippen molar-refractivity contribution in [2.75, 3.05) is 20.7 Å². The number of nitrogens with one attached hydrogen (secondary N) is 1. The lowest BCUT2D eigenvalue weighted by Crippen LogP contribution is -2.21. The first-order chi connectivity index (χ1) is 8.51. The molecule has 1 aromatic carbocycles. The van der Waals surface area contributed by atoms with E-state index in [2.05, 4.69) is 21.2 Å². The van der Waals surface area contributed by atoms with Gasteiger partial charge in [0.25, 0.3) is 0 Å². The van der Waals surface area contributed by atoms with E-state index in [-0.39, 0.29) is 18.4 Å². The second-order valence-corrected chi connectivity index (χ2v) is 4.93. The average molecular weight is 316 g/mol. The van der Waals surface area contributed by atoms with Crippen LogP contribution in [0.5, 0.6) is 11.5 Å². The highest BCUT2D eigenvalue weighted by Gasteiger charge is 2.21. The number of benzene rings is 1. The highest BCUT2D eigenvalue weighted by atomic mass is 79.9. The Morgan fingerprint density at radius 3 is 2.61 bits per heavy atom. The fourth-order valence-corrected chi connectivity index (χ4v) is 2.10. The van der Waals surface area contributed by atoms with Crippen LogP contribution in [-0.2, 0) is 0 Å². The zero-order chi connectivity index (χ0) is 13.7. The molecule has 0 bridgehead atoms. The second-order valence-electron chi connectivity index (χ2n) is 4.07. The highest BCUT2D eigenvalue weighted by Crippen LogP contribution is 2.37. The van der Waals surface area contributed by atoms with E-state index >= 15 is 0 Å². The third-order valence-electron chi connectivity index (χ3n) is 2.26. The Morgan fingerprint density at radius 1 is 1.44 bits per heavy atom. The number of methoxy groups -OCH3 is 1. The minimum atomic E-state index is -0.0427. The lowest BCUT2D eigenvalue weighted by atomic mass is 10.1. The number of rotatable bonds is 6. The molecule has 0 radical (unpaired) electrons. The van der Waals surface area contributed by atoms with Crippen molar-refractivity contribution >= 4 is 21.7 Å². The molecule has 0 saturated carbocycles. The Labute approximate surface area is 116 Å². The largest absolute Gasteiger partial charge is 0.493 e. The van der Waals surface area contributed by atoms with E-state index in [0.717, 1.165) is 0 Å². The maximum atomic E-state index is 12.1. The molecular formula is C13H18BrNO3. The normalized spacial score (nSPS) is 10.6. The van der Waals surface area contributed by atoms with E-state index in [9.17, 15) is 4.79 Å². The van der Waals surface area contributed by atoms with E-state index in [1.165, 1.54) is 0 Å². The smallest absolute Gasteiger partial charge is 0.181 e. The van der Waals surface area contributed by atoms with Gasteiger partial charge in [0.15, 0.2) is 17.3 Å². The molecule has 0 heterocycles. The minimum absolute atomic E-state index is 0.0330. The zero-order valence-electron chi connectivity index (χ0n) is 11.0. The summed E-state index contributed by atoms with van der Waals surface area (Å²) in [5.74, 6) is 1.01. The van der Waals surface area contributed by atoms with Crippen LogP contribution >= 0.6 is 15.9 Å². The molecular weight excluding hydrogens is 298 g/mol. The molecule has 5 heteroatoms. The van der Waals surface area contributed by atoms with Crippen LogP contribution in [-0.4, -0.2) is 32.6 Å². The molecule has 0 aromatic heterocycles. The van der Waals surface area contributed by atoms with Gasteiger partial charge in [0.2, 0.25) is 0 Å². The number of halogens is 1. The molecule has 1 N–H and O–H groups in total. The van der Waals surface area contributed by atoms with Gasteiger partial charge in [-0.15, -0.1) is 0 Å². The van der Waals surface area contributed by atoms with Crippen molar-refractivity contribution in [1.82, 2.24) is 5.32 Å². The van der Waals surface area contributed by atoms with Crippen LogP contribution < -0.4 is 14.8 Å². The summed E-state index contributed by atoms with van der Waals surface area (Å²) in [5, 5.41) is 2.84. The zero-order valence-corrected chi connectivity index (χ0v) is 12.6. The van der Waals surface area contributed by atoms with Crippen molar-refractivity contribution in [3.05, 3.63) is 22.2 Å². The molecule has 0 saturated heterocycles. The van der Waals surface area contributed by atoms with Crippen LogP contribution in [0.2, 0.25) is 0 Å². The van der Waals surface area contributed by atoms with E-state index in [1.54, 1.807) is 26.3 Å². The minimum Gasteiger partial charge on any atom is -0.493 e. The number of hydrogen-bond donors (Lipinski definition) is 1. The van der Waals surface area contributed by atoms with Gasteiger partial charge in [-0.2, -0.15) is 0 Å². The Bertz CT molecular complexity index is 432. The van der Waals surface area contributed by atoms with Crippen LogP contribution in [0.3, 0.4) is 0 Å². The number of Topliss-reactive ketones (excluding diaryl/α,β-unsaturated/α-hetero) is 1. The van der Waals surface area contributed by atoms with E-state index in [1.807, 2.05) is 13.8 Å². The monoisotopic (exact) mass is 315 g/mol. The maximum absolute atomic E-state index is 12.1. The molecule has 0 aliphatic heterocycles. The number of carbonyl (C=O) groups is 1. The molecule has 1 rings (SSSR count). The Kier molecular flexibility index (Phi) is 5.62. The molecule has 0 spiro atoms. The van der Waals surface area contributed by atoms with Crippen molar-refractivity contribution in [3.63, 3.8) is 0 Å². The third-order valence-corrected chi connectivity index (χ3v) is 2.92. The molecule has 0 aliphatic carbocycles. The molecule has 100 valence electrons. The lowest BCUT2D eigenvalue weighted by Gasteiger charge is -2.18. The number of ether oxygens (including phenoxy) is 2. The van der Waals surface area contributed by atoms with Gasteiger partial charge in [0.05, 0.1) is 25.3 Å². The first kappa shape index (κ1) is 15.0. The van der Waals surface area contributed by atoms with Gasteiger partial charge in [-0.3, -0.25) is 4.79 Å². The topological polar surface area (TPSA) is 47.6 Å². The molecule has 18 heavy (non-hydrogen) atoms. The Morgan fingerprint density at radius 2 is 2.11 bits per heavy atom. The first-order valence-corrected chi connectivity index (χ1v) is 6.51. The lowest BCUT2D eigenvalue weighted by molar-refractivity contribution is 0.0986.